The molecule has 0 aromatic heterocycles. The molecule has 0 aromatic rings. The number of nitrogens with zero attached hydrogens (tertiary/aromatic N) is 2. The van der Waals surface area contributed by atoms with E-state index < -0.39 is 0 Å². The van der Waals surface area contributed by atoms with E-state index in [1.54, 1.807) is 0 Å². The van der Waals surface area contributed by atoms with Gasteiger partial charge >= 0.3 is 0 Å². The second-order valence-electron chi connectivity index (χ2n) is 4.52. The molecule has 1 atom stereocenters. The molecule has 1 aliphatic heterocycles. The van der Waals surface area contributed by atoms with Crippen LogP contribution in [0.5, 0.6) is 0 Å². The van der Waals surface area contributed by atoms with E-state index in [0.29, 0.717) is 0 Å². The lowest BCUT2D eigenvalue weighted by molar-refractivity contribution is 0.189. The second kappa shape index (κ2) is 6.38. The van der Waals surface area contributed by atoms with Crippen LogP contribution in [-0.2, 0) is 0 Å². The van der Waals surface area contributed by atoms with Crippen LogP contribution in [0.3, 0.4) is 0 Å². The third-order valence-corrected chi connectivity index (χ3v) is 2.91. The van der Waals surface area contributed by atoms with Gasteiger partial charge in [0.15, 0.2) is 0 Å². The predicted molar refractivity (Wildman–Crippen MR) is 61.7 cm³/mol. The average Bonchev–Trinajstić information content (AvgIpc) is 2.18. The van der Waals surface area contributed by atoms with E-state index in [1.807, 2.05) is 0 Å². The van der Waals surface area contributed by atoms with E-state index >= 15 is 0 Å². The Morgan fingerprint density at radius 3 is 2.86 bits per heavy atom. The van der Waals surface area contributed by atoms with E-state index in [0.717, 1.165) is 6.04 Å². The highest BCUT2D eigenvalue weighted by Gasteiger charge is 2.16. The SMILES string of the molecule is CCC1CN(CCCN(C)C)CCN1. The van der Waals surface area contributed by atoms with Crippen molar-refractivity contribution in [3.8, 4) is 0 Å². The maximum atomic E-state index is 3.55. The van der Waals surface area contributed by atoms with Gasteiger partial charge < -0.3 is 15.1 Å². The van der Waals surface area contributed by atoms with E-state index in [1.165, 1.54) is 45.6 Å². The Bertz CT molecular complexity index is 147. The van der Waals surface area contributed by atoms with Crippen molar-refractivity contribution >= 4 is 0 Å². The molecule has 14 heavy (non-hydrogen) atoms. The quantitative estimate of drug-likeness (QED) is 0.700. The number of rotatable bonds is 5. The first-order valence-corrected chi connectivity index (χ1v) is 5.83. The van der Waals surface area contributed by atoms with Crippen molar-refractivity contribution in [2.45, 2.75) is 25.8 Å². The fraction of sp³-hybridized carbons (Fsp3) is 1.00. The topological polar surface area (TPSA) is 18.5 Å². The van der Waals surface area contributed by atoms with Crippen LogP contribution in [-0.4, -0.2) is 62.7 Å². The summed E-state index contributed by atoms with van der Waals surface area (Å²) < 4.78 is 0. The molecular weight excluding hydrogens is 174 g/mol. The zero-order valence-corrected chi connectivity index (χ0v) is 9.92. The van der Waals surface area contributed by atoms with Crippen LogP contribution in [0.4, 0.5) is 0 Å². The van der Waals surface area contributed by atoms with Crippen molar-refractivity contribution in [2.75, 3.05) is 46.8 Å². The van der Waals surface area contributed by atoms with Crippen LogP contribution in [0.15, 0.2) is 0 Å². The molecule has 0 aliphatic carbocycles. The van der Waals surface area contributed by atoms with Gasteiger partial charge in [0.25, 0.3) is 0 Å². The third kappa shape index (κ3) is 4.40. The van der Waals surface area contributed by atoms with Crippen LogP contribution in [0, 0.1) is 0 Å². The molecule has 3 heteroatoms. The zero-order chi connectivity index (χ0) is 10.4. The summed E-state index contributed by atoms with van der Waals surface area (Å²) in [5.41, 5.74) is 0. The summed E-state index contributed by atoms with van der Waals surface area (Å²) in [5, 5.41) is 3.55. The summed E-state index contributed by atoms with van der Waals surface area (Å²) in [6, 6.07) is 0.725. The largest absolute Gasteiger partial charge is 0.311 e. The lowest BCUT2D eigenvalue weighted by Gasteiger charge is -2.33. The molecule has 84 valence electrons. The van der Waals surface area contributed by atoms with Gasteiger partial charge in [0.2, 0.25) is 0 Å². The second-order valence-corrected chi connectivity index (χ2v) is 4.52. The summed E-state index contributed by atoms with van der Waals surface area (Å²) >= 11 is 0. The molecule has 0 bridgehead atoms. The highest BCUT2D eigenvalue weighted by atomic mass is 15.2. The Morgan fingerprint density at radius 2 is 2.21 bits per heavy atom. The molecule has 1 N–H and O–H groups in total. The Labute approximate surface area is 88.5 Å². The standard InChI is InChI=1S/C11H25N3/c1-4-11-10-14(9-6-12-11)8-5-7-13(2)3/h11-12H,4-10H2,1-3H3. The van der Waals surface area contributed by atoms with Crippen molar-refractivity contribution in [3.05, 3.63) is 0 Å². The van der Waals surface area contributed by atoms with Gasteiger partial charge in [-0.3, -0.25) is 0 Å². The molecule has 0 radical (unpaired) electrons. The summed E-state index contributed by atoms with van der Waals surface area (Å²) in [7, 11) is 4.29. The average molecular weight is 199 g/mol. The number of piperazine rings is 1. The lowest BCUT2D eigenvalue weighted by Crippen LogP contribution is -2.50. The maximum Gasteiger partial charge on any atom is 0.0192 e. The summed E-state index contributed by atoms with van der Waals surface area (Å²) in [5.74, 6) is 0. The van der Waals surface area contributed by atoms with Gasteiger partial charge in [0.05, 0.1) is 0 Å². The molecule has 0 aromatic carbocycles. The Morgan fingerprint density at radius 1 is 1.43 bits per heavy atom. The van der Waals surface area contributed by atoms with Crippen LogP contribution < -0.4 is 5.32 Å². The molecule has 1 heterocycles. The molecular formula is C11H25N3. The minimum absolute atomic E-state index is 0.725. The maximum absolute atomic E-state index is 3.55. The molecule has 0 spiro atoms. The monoisotopic (exact) mass is 199 g/mol. The van der Waals surface area contributed by atoms with Crippen molar-refractivity contribution in [1.29, 1.82) is 0 Å². The summed E-state index contributed by atoms with van der Waals surface area (Å²) in [6.45, 7) is 8.37. The fourth-order valence-electron chi connectivity index (χ4n) is 1.98. The molecule has 1 saturated heterocycles. The Balaban J connectivity index is 2.11. The fourth-order valence-corrected chi connectivity index (χ4v) is 1.98. The first-order valence-electron chi connectivity index (χ1n) is 5.83. The smallest absolute Gasteiger partial charge is 0.0192 e. The lowest BCUT2D eigenvalue weighted by atomic mass is 10.1. The Hall–Kier alpha value is -0.120. The van der Waals surface area contributed by atoms with Gasteiger partial charge in [-0.15, -0.1) is 0 Å². The minimum Gasteiger partial charge on any atom is -0.311 e. The van der Waals surface area contributed by atoms with Crippen LogP contribution >= 0.6 is 0 Å². The van der Waals surface area contributed by atoms with Crippen molar-refractivity contribution in [2.24, 2.45) is 0 Å². The molecule has 1 fully saturated rings. The van der Waals surface area contributed by atoms with Crippen LogP contribution in [0.25, 0.3) is 0 Å². The van der Waals surface area contributed by atoms with Gasteiger partial charge in [-0.25, -0.2) is 0 Å². The van der Waals surface area contributed by atoms with Gasteiger partial charge in [-0.2, -0.15) is 0 Å². The van der Waals surface area contributed by atoms with Crippen molar-refractivity contribution < 1.29 is 0 Å². The number of hydrogen-bond acceptors (Lipinski definition) is 3. The van der Waals surface area contributed by atoms with Gasteiger partial charge in [-0.05, 0) is 40.0 Å². The summed E-state index contributed by atoms with van der Waals surface area (Å²) in [6.07, 6.45) is 2.55. The normalized spacial score (nSPS) is 24.4. The first kappa shape index (κ1) is 12.0. The highest BCUT2D eigenvalue weighted by molar-refractivity contribution is 4.77. The van der Waals surface area contributed by atoms with Gasteiger partial charge in [-0.1, -0.05) is 6.92 Å². The van der Waals surface area contributed by atoms with E-state index in [-0.39, 0.29) is 0 Å². The minimum atomic E-state index is 0.725. The summed E-state index contributed by atoms with van der Waals surface area (Å²) in [4.78, 5) is 4.85. The van der Waals surface area contributed by atoms with E-state index in [9.17, 15) is 0 Å². The van der Waals surface area contributed by atoms with Gasteiger partial charge in [0.1, 0.15) is 0 Å². The molecule has 1 aliphatic rings. The third-order valence-electron chi connectivity index (χ3n) is 2.91. The van der Waals surface area contributed by atoms with Crippen LogP contribution in [0.1, 0.15) is 19.8 Å². The van der Waals surface area contributed by atoms with E-state index in [4.69, 9.17) is 0 Å². The van der Waals surface area contributed by atoms with Crippen LogP contribution in [0.2, 0.25) is 0 Å². The zero-order valence-electron chi connectivity index (χ0n) is 9.92. The Kier molecular flexibility index (Phi) is 5.45. The molecule has 1 rings (SSSR count). The first-order chi connectivity index (χ1) is 6.72. The highest BCUT2D eigenvalue weighted by Crippen LogP contribution is 2.02. The van der Waals surface area contributed by atoms with Crippen molar-refractivity contribution in [3.63, 3.8) is 0 Å². The molecule has 0 saturated carbocycles. The molecule has 1 unspecified atom stereocenters. The van der Waals surface area contributed by atoms with Gasteiger partial charge in [0, 0.05) is 25.7 Å². The van der Waals surface area contributed by atoms with E-state index in [2.05, 4.69) is 36.1 Å². The van der Waals surface area contributed by atoms with Crippen molar-refractivity contribution in [1.82, 2.24) is 15.1 Å². The predicted octanol–water partition coefficient (Wildman–Crippen LogP) is 0.622. The number of nitrogens with one attached hydrogen (secondary N) is 1. The molecule has 0 amide bonds. The number of hydrogen-bond donors (Lipinski definition) is 1. The molecule has 3 nitrogen and oxygen atoms in total.